The number of piperazine rings is 1. The first-order valence-corrected chi connectivity index (χ1v) is 12.4. The fourth-order valence-corrected chi connectivity index (χ4v) is 5.05. The van der Waals surface area contributed by atoms with Crippen molar-refractivity contribution in [1.82, 2.24) is 19.8 Å². The summed E-state index contributed by atoms with van der Waals surface area (Å²) >= 11 is 0. The van der Waals surface area contributed by atoms with Crippen LogP contribution < -0.4 is 9.47 Å². The van der Waals surface area contributed by atoms with E-state index in [0.717, 1.165) is 31.7 Å². The standard InChI is InChI=1S/C30H32N4O2/c1-35-26-22-27(36-2)32-30(31-26)29(25-16-10-5-11-17-25)34-20-18-33(19-21-34)28(23-12-6-3-7-13-23)24-14-8-4-9-15-24/h3-17,22,28-29H,18-21H2,1-2H3/t29-/m1/s1. The molecule has 0 bridgehead atoms. The van der Waals surface area contributed by atoms with Crippen LogP contribution in [0.2, 0.25) is 0 Å². The van der Waals surface area contributed by atoms with Gasteiger partial charge in [0.05, 0.1) is 32.4 Å². The number of rotatable bonds is 8. The predicted molar refractivity (Wildman–Crippen MR) is 141 cm³/mol. The van der Waals surface area contributed by atoms with Gasteiger partial charge in [-0.3, -0.25) is 9.80 Å². The summed E-state index contributed by atoms with van der Waals surface area (Å²) in [6.45, 7) is 3.63. The summed E-state index contributed by atoms with van der Waals surface area (Å²) in [4.78, 5) is 14.5. The molecule has 0 radical (unpaired) electrons. The first kappa shape index (κ1) is 24.0. The van der Waals surface area contributed by atoms with Crippen LogP contribution in [0, 0.1) is 0 Å². The predicted octanol–water partition coefficient (Wildman–Crippen LogP) is 4.99. The molecule has 1 aliphatic rings. The van der Waals surface area contributed by atoms with Crippen molar-refractivity contribution in [3.05, 3.63) is 120 Å². The van der Waals surface area contributed by atoms with Crippen molar-refractivity contribution in [2.75, 3.05) is 40.4 Å². The maximum Gasteiger partial charge on any atom is 0.220 e. The van der Waals surface area contributed by atoms with Crippen LogP contribution in [-0.2, 0) is 0 Å². The van der Waals surface area contributed by atoms with Gasteiger partial charge in [-0.1, -0.05) is 91.0 Å². The zero-order chi connectivity index (χ0) is 24.7. The van der Waals surface area contributed by atoms with Gasteiger partial charge in [0.1, 0.15) is 0 Å². The van der Waals surface area contributed by atoms with Crippen molar-refractivity contribution in [2.24, 2.45) is 0 Å². The minimum Gasteiger partial charge on any atom is -0.481 e. The van der Waals surface area contributed by atoms with Gasteiger partial charge in [0.25, 0.3) is 0 Å². The summed E-state index contributed by atoms with van der Waals surface area (Å²) in [5, 5.41) is 0. The van der Waals surface area contributed by atoms with Crippen LogP contribution in [0.3, 0.4) is 0 Å². The van der Waals surface area contributed by atoms with Crippen molar-refractivity contribution in [3.63, 3.8) is 0 Å². The van der Waals surface area contributed by atoms with E-state index in [9.17, 15) is 0 Å². The molecule has 1 saturated heterocycles. The van der Waals surface area contributed by atoms with Crippen LogP contribution in [0.4, 0.5) is 0 Å². The van der Waals surface area contributed by atoms with Crippen molar-refractivity contribution in [3.8, 4) is 11.8 Å². The molecule has 0 unspecified atom stereocenters. The Hall–Kier alpha value is -3.74. The molecule has 1 atom stereocenters. The van der Waals surface area contributed by atoms with E-state index in [1.807, 2.05) is 6.07 Å². The molecule has 6 heteroatoms. The molecule has 1 aromatic heterocycles. The lowest BCUT2D eigenvalue weighted by molar-refractivity contribution is 0.0870. The highest BCUT2D eigenvalue weighted by molar-refractivity contribution is 5.33. The fourth-order valence-electron chi connectivity index (χ4n) is 5.05. The Morgan fingerprint density at radius 1 is 0.556 bits per heavy atom. The van der Waals surface area contributed by atoms with Crippen LogP contribution >= 0.6 is 0 Å². The smallest absolute Gasteiger partial charge is 0.220 e. The molecule has 36 heavy (non-hydrogen) atoms. The zero-order valence-corrected chi connectivity index (χ0v) is 20.8. The zero-order valence-electron chi connectivity index (χ0n) is 20.8. The quantitative estimate of drug-likeness (QED) is 0.354. The maximum atomic E-state index is 5.46. The highest BCUT2D eigenvalue weighted by Gasteiger charge is 2.32. The summed E-state index contributed by atoms with van der Waals surface area (Å²) in [5.74, 6) is 1.70. The number of benzene rings is 3. The molecular formula is C30H32N4O2. The molecule has 1 fully saturated rings. The molecule has 0 amide bonds. The minimum atomic E-state index is -0.0933. The van der Waals surface area contributed by atoms with Gasteiger partial charge >= 0.3 is 0 Å². The minimum absolute atomic E-state index is 0.0933. The van der Waals surface area contributed by atoms with E-state index in [0.29, 0.717) is 17.6 Å². The SMILES string of the molecule is COc1cc(OC)nc([C@@H](c2ccccc2)N2CCN(C(c3ccccc3)c3ccccc3)CC2)n1. The number of hydrogen-bond donors (Lipinski definition) is 0. The summed E-state index contributed by atoms with van der Waals surface area (Å²) in [6, 6.07) is 33.9. The Labute approximate surface area is 213 Å². The van der Waals surface area contributed by atoms with Gasteiger partial charge in [0.2, 0.25) is 11.8 Å². The van der Waals surface area contributed by atoms with E-state index in [4.69, 9.17) is 19.4 Å². The number of hydrogen-bond acceptors (Lipinski definition) is 6. The van der Waals surface area contributed by atoms with Gasteiger partial charge < -0.3 is 9.47 Å². The highest BCUT2D eigenvalue weighted by atomic mass is 16.5. The van der Waals surface area contributed by atoms with Crippen LogP contribution in [0.5, 0.6) is 11.8 Å². The monoisotopic (exact) mass is 480 g/mol. The lowest BCUT2D eigenvalue weighted by Gasteiger charge is -2.42. The summed E-state index contributed by atoms with van der Waals surface area (Å²) < 4.78 is 10.9. The molecule has 0 aliphatic carbocycles. The molecule has 1 aliphatic heterocycles. The topological polar surface area (TPSA) is 50.7 Å². The van der Waals surface area contributed by atoms with E-state index in [1.54, 1.807) is 20.3 Å². The van der Waals surface area contributed by atoms with Crippen LogP contribution in [-0.4, -0.2) is 60.2 Å². The van der Waals surface area contributed by atoms with E-state index < -0.39 is 0 Å². The molecular weight excluding hydrogens is 448 g/mol. The van der Waals surface area contributed by atoms with Gasteiger partial charge in [-0.2, -0.15) is 9.97 Å². The fraction of sp³-hybridized carbons (Fsp3) is 0.267. The van der Waals surface area contributed by atoms with Gasteiger partial charge in [-0.05, 0) is 16.7 Å². The second-order valence-electron chi connectivity index (χ2n) is 8.92. The van der Waals surface area contributed by atoms with E-state index in [-0.39, 0.29) is 12.1 Å². The third-order valence-electron chi connectivity index (χ3n) is 6.78. The van der Waals surface area contributed by atoms with Crippen molar-refractivity contribution in [2.45, 2.75) is 12.1 Å². The van der Waals surface area contributed by atoms with Crippen molar-refractivity contribution in [1.29, 1.82) is 0 Å². The molecule has 3 aromatic carbocycles. The Morgan fingerprint density at radius 2 is 0.917 bits per heavy atom. The summed E-state index contributed by atoms with van der Waals surface area (Å²) in [5.41, 5.74) is 3.79. The molecule has 0 spiro atoms. The van der Waals surface area contributed by atoms with E-state index in [2.05, 4.69) is 94.7 Å². The Bertz CT molecular complexity index is 1170. The molecule has 0 N–H and O–H groups in total. The Morgan fingerprint density at radius 3 is 1.31 bits per heavy atom. The lowest BCUT2D eigenvalue weighted by atomic mass is 9.96. The second-order valence-corrected chi connectivity index (χ2v) is 8.92. The Balaban J connectivity index is 1.44. The normalized spacial score (nSPS) is 15.5. The van der Waals surface area contributed by atoms with Gasteiger partial charge in [0.15, 0.2) is 5.82 Å². The average Bonchev–Trinajstić information content (AvgIpc) is 2.96. The van der Waals surface area contributed by atoms with Gasteiger partial charge in [-0.15, -0.1) is 0 Å². The number of ether oxygens (including phenoxy) is 2. The molecule has 2 heterocycles. The van der Waals surface area contributed by atoms with Crippen molar-refractivity contribution < 1.29 is 9.47 Å². The maximum absolute atomic E-state index is 5.46. The van der Waals surface area contributed by atoms with Gasteiger partial charge in [-0.25, -0.2) is 0 Å². The van der Waals surface area contributed by atoms with Crippen molar-refractivity contribution >= 4 is 0 Å². The number of nitrogens with zero attached hydrogens (tertiary/aromatic N) is 4. The molecule has 0 saturated carbocycles. The third-order valence-corrected chi connectivity index (χ3v) is 6.78. The number of aromatic nitrogens is 2. The second kappa shape index (κ2) is 11.3. The van der Waals surface area contributed by atoms with Gasteiger partial charge in [0, 0.05) is 26.2 Å². The molecule has 5 rings (SSSR count). The first-order chi connectivity index (χ1) is 17.8. The van der Waals surface area contributed by atoms with Crippen LogP contribution in [0.1, 0.15) is 34.6 Å². The van der Waals surface area contributed by atoms with E-state index in [1.165, 1.54) is 11.1 Å². The van der Waals surface area contributed by atoms with E-state index >= 15 is 0 Å². The highest BCUT2D eigenvalue weighted by Crippen LogP contribution is 2.33. The average molecular weight is 481 g/mol. The third kappa shape index (κ3) is 5.25. The molecule has 4 aromatic rings. The Kier molecular flexibility index (Phi) is 7.55. The summed E-state index contributed by atoms with van der Waals surface area (Å²) in [6.07, 6.45) is 0. The first-order valence-electron chi connectivity index (χ1n) is 12.4. The molecule has 184 valence electrons. The lowest BCUT2D eigenvalue weighted by Crippen LogP contribution is -2.49. The molecule has 6 nitrogen and oxygen atoms in total. The summed E-state index contributed by atoms with van der Waals surface area (Å²) in [7, 11) is 3.24. The van der Waals surface area contributed by atoms with Crippen LogP contribution in [0.15, 0.2) is 97.1 Å². The number of methoxy groups -OCH3 is 2. The largest absolute Gasteiger partial charge is 0.481 e. The van der Waals surface area contributed by atoms with Crippen LogP contribution in [0.25, 0.3) is 0 Å².